The van der Waals surface area contributed by atoms with Gasteiger partial charge in [-0.2, -0.15) is 0 Å². The number of benzene rings is 4. The summed E-state index contributed by atoms with van der Waals surface area (Å²) in [6, 6.07) is 25.6. The predicted octanol–water partition coefficient (Wildman–Crippen LogP) is 5.83. The van der Waals surface area contributed by atoms with Crippen molar-refractivity contribution in [2.75, 3.05) is 5.32 Å². The lowest BCUT2D eigenvalue weighted by atomic mass is 10.1. The number of hydrogen-bond donors (Lipinski definition) is 1. The molecule has 1 amide bonds. The zero-order valence-electron chi connectivity index (χ0n) is 17.2. The summed E-state index contributed by atoms with van der Waals surface area (Å²) in [5.41, 5.74) is 3.15. The fourth-order valence-corrected chi connectivity index (χ4v) is 3.59. The van der Waals surface area contributed by atoms with Crippen LogP contribution in [0.3, 0.4) is 0 Å². The number of aromatic nitrogens is 1. The molecule has 0 fully saturated rings. The highest BCUT2D eigenvalue weighted by Crippen LogP contribution is 2.33. The number of rotatable bonds is 4. The summed E-state index contributed by atoms with van der Waals surface area (Å²) in [5.74, 6) is 0.0984. The maximum atomic E-state index is 12.8. The average Bonchev–Trinajstić information content (AvgIpc) is 3.24. The van der Waals surface area contributed by atoms with Crippen molar-refractivity contribution in [1.29, 1.82) is 0 Å². The SMILES string of the molecule is CC(=O)Oc1ccc(C(=O)Nc2ccccc2-c2nc3c(ccc4ccccc43)o2)cc1. The van der Waals surface area contributed by atoms with Gasteiger partial charge < -0.3 is 14.5 Å². The Kier molecular flexibility index (Phi) is 4.88. The highest BCUT2D eigenvalue weighted by molar-refractivity contribution is 6.07. The van der Waals surface area contributed by atoms with E-state index in [1.165, 1.54) is 6.92 Å². The monoisotopic (exact) mass is 422 g/mol. The number of hydrogen-bond acceptors (Lipinski definition) is 5. The van der Waals surface area contributed by atoms with Gasteiger partial charge in [0.2, 0.25) is 5.89 Å². The molecule has 32 heavy (non-hydrogen) atoms. The minimum Gasteiger partial charge on any atom is -0.436 e. The predicted molar refractivity (Wildman–Crippen MR) is 123 cm³/mol. The summed E-state index contributed by atoms with van der Waals surface area (Å²) in [4.78, 5) is 28.6. The lowest BCUT2D eigenvalue weighted by Crippen LogP contribution is -2.12. The zero-order valence-corrected chi connectivity index (χ0v) is 17.2. The van der Waals surface area contributed by atoms with Crippen LogP contribution in [0.1, 0.15) is 17.3 Å². The van der Waals surface area contributed by atoms with Crippen molar-refractivity contribution in [1.82, 2.24) is 4.98 Å². The van der Waals surface area contributed by atoms with Crippen LogP contribution < -0.4 is 10.1 Å². The zero-order chi connectivity index (χ0) is 22.1. The number of oxazole rings is 1. The fraction of sp³-hybridized carbons (Fsp3) is 0.0385. The third-order valence-electron chi connectivity index (χ3n) is 5.07. The van der Waals surface area contributed by atoms with Gasteiger partial charge in [-0.25, -0.2) is 4.98 Å². The van der Waals surface area contributed by atoms with E-state index in [9.17, 15) is 9.59 Å². The molecule has 0 aliphatic carbocycles. The van der Waals surface area contributed by atoms with Gasteiger partial charge in [0, 0.05) is 17.9 Å². The third kappa shape index (κ3) is 3.70. The topological polar surface area (TPSA) is 81.4 Å². The normalized spacial score (nSPS) is 10.9. The van der Waals surface area contributed by atoms with Gasteiger partial charge in [0.05, 0.1) is 11.3 Å². The molecule has 6 heteroatoms. The van der Waals surface area contributed by atoms with Crippen LogP contribution in [0.4, 0.5) is 5.69 Å². The second-order valence-corrected chi connectivity index (χ2v) is 7.27. The number of carbonyl (C=O) groups excluding carboxylic acids is 2. The molecule has 0 unspecified atom stereocenters. The lowest BCUT2D eigenvalue weighted by molar-refractivity contribution is -0.131. The smallest absolute Gasteiger partial charge is 0.308 e. The van der Waals surface area contributed by atoms with Gasteiger partial charge in [-0.1, -0.05) is 42.5 Å². The molecule has 4 aromatic carbocycles. The molecular weight excluding hydrogens is 404 g/mol. The van der Waals surface area contributed by atoms with Crippen LogP contribution in [0, 0.1) is 0 Å². The first-order valence-electron chi connectivity index (χ1n) is 10.1. The minimum absolute atomic E-state index is 0.298. The Morgan fingerprint density at radius 3 is 2.44 bits per heavy atom. The van der Waals surface area contributed by atoms with Crippen LogP contribution in [-0.2, 0) is 4.79 Å². The molecule has 0 aliphatic heterocycles. The van der Waals surface area contributed by atoms with Crippen molar-refractivity contribution < 1.29 is 18.7 Å². The van der Waals surface area contributed by atoms with Gasteiger partial charge in [-0.05, 0) is 47.9 Å². The first-order valence-corrected chi connectivity index (χ1v) is 10.1. The number of carbonyl (C=O) groups is 2. The summed E-state index contributed by atoms with van der Waals surface area (Å²) in [7, 11) is 0. The molecule has 0 aliphatic rings. The van der Waals surface area contributed by atoms with Crippen molar-refractivity contribution in [3.8, 4) is 17.2 Å². The first-order chi connectivity index (χ1) is 15.6. The van der Waals surface area contributed by atoms with Gasteiger partial charge in [0.1, 0.15) is 11.3 Å². The van der Waals surface area contributed by atoms with E-state index in [4.69, 9.17) is 14.1 Å². The quantitative estimate of drug-likeness (QED) is 0.291. The molecule has 156 valence electrons. The molecule has 1 aromatic heterocycles. The number of amides is 1. The van der Waals surface area contributed by atoms with Gasteiger partial charge in [0.15, 0.2) is 5.58 Å². The molecular formula is C26H18N2O4. The van der Waals surface area contributed by atoms with Gasteiger partial charge in [0.25, 0.3) is 5.91 Å². The molecule has 1 N–H and O–H groups in total. The second kappa shape index (κ2) is 8.00. The van der Waals surface area contributed by atoms with Gasteiger partial charge >= 0.3 is 5.97 Å². The third-order valence-corrected chi connectivity index (χ3v) is 5.07. The number of ether oxygens (including phenoxy) is 1. The largest absolute Gasteiger partial charge is 0.436 e. The molecule has 0 radical (unpaired) electrons. The van der Waals surface area contributed by atoms with Crippen LogP contribution in [0.25, 0.3) is 33.3 Å². The molecule has 5 rings (SSSR count). The van der Waals surface area contributed by atoms with E-state index in [1.54, 1.807) is 30.3 Å². The molecule has 0 saturated heterocycles. The van der Waals surface area contributed by atoms with Crippen molar-refractivity contribution in [3.63, 3.8) is 0 Å². The molecule has 0 atom stereocenters. The van der Waals surface area contributed by atoms with E-state index >= 15 is 0 Å². The van der Waals surface area contributed by atoms with E-state index in [0.717, 1.165) is 16.3 Å². The molecule has 1 heterocycles. The number of esters is 1. The molecule has 0 bridgehead atoms. The number of fused-ring (bicyclic) bond motifs is 3. The number of nitrogens with zero attached hydrogens (tertiary/aromatic N) is 1. The summed E-state index contributed by atoms with van der Waals surface area (Å²) < 4.78 is 11.0. The highest BCUT2D eigenvalue weighted by atomic mass is 16.5. The van der Waals surface area contributed by atoms with E-state index in [0.29, 0.717) is 34.0 Å². The number of nitrogens with one attached hydrogen (secondary N) is 1. The van der Waals surface area contributed by atoms with Crippen molar-refractivity contribution in [2.24, 2.45) is 0 Å². The Morgan fingerprint density at radius 2 is 1.62 bits per heavy atom. The summed E-state index contributed by atoms with van der Waals surface area (Å²) in [6.45, 7) is 1.33. The highest BCUT2D eigenvalue weighted by Gasteiger charge is 2.16. The van der Waals surface area contributed by atoms with Crippen LogP contribution in [0.2, 0.25) is 0 Å². The van der Waals surface area contributed by atoms with Crippen LogP contribution in [0.15, 0.2) is 89.3 Å². The fourth-order valence-electron chi connectivity index (χ4n) is 3.59. The second-order valence-electron chi connectivity index (χ2n) is 7.27. The number of para-hydroxylation sites is 1. The Bertz CT molecular complexity index is 1470. The van der Waals surface area contributed by atoms with Gasteiger partial charge in [-0.15, -0.1) is 0 Å². The van der Waals surface area contributed by atoms with Crippen molar-refractivity contribution in [3.05, 3.63) is 90.5 Å². The van der Waals surface area contributed by atoms with Crippen LogP contribution in [-0.4, -0.2) is 16.9 Å². The van der Waals surface area contributed by atoms with E-state index < -0.39 is 5.97 Å². The maximum absolute atomic E-state index is 12.8. The summed E-state index contributed by atoms with van der Waals surface area (Å²) >= 11 is 0. The van der Waals surface area contributed by atoms with Gasteiger partial charge in [-0.3, -0.25) is 9.59 Å². The van der Waals surface area contributed by atoms with Crippen LogP contribution in [0.5, 0.6) is 5.75 Å². The summed E-state index contributed by atoms with van der Waals surface area (Å²) in [6.07, 6.45) is 0. The first kappa shape index (κ1) is 19.5. The van der Waals surface area contributed by atoms with E-state index in [-0.39, 0.29) is 5.91 Å². The summed E-state index contributed by atoms with van der Waals surface area (Å²) in [5, 5.41) is 5.01. The lowest BCUT2D eigenvalue weighted by Gasteiger charge is -2.09. The minimum atomic E-state index is -0.415. The average molecular weight is 422 g/mol. The standard InChI is InChI=1S/C26H18N2O4/c1-16(29)31-19-13-10-18(11-14-19)25(30)27-22-9-5-4-8-21(22)26-28-24-20-7-3-2-6-17(20)12-15-23(24)32-26/h2-15H,1H3,(H,27,30). The Hall–Kier alpha value is -4.45. The molecule has 0 spiro atoms. The Balaban J connectivity index is 1.47. The van der Waals surface area contributed by atoms with Crippen LogP contribution >= 0.6 is 0 Å². The van der Waals surface area contributed by atoms with Crippen molar-refractivity contribution >= 4 is 39.4 Å². The Morgan fingerprint density at radius 1 is 0.875 bits per heavy atom. The number of anilines is 1. The van der Waals surface area contributed by atoms with Crippen molar-refractivity contribution in [2.45, 2.75) is 6.92 Å². The molecule has 6 nitrogen and oxygen atoms in total. The molecule has 5 aromatic rings. The van der Waals surface area contributed by atoms with E-state index in [2.05, 4.69) is 5.32 Å². The maximum Gasteiger partial charge on any atom is 0.308 e. The molecule has 0 saturated carbocycles. The van der Waals surface area contributed by atoms with E-state index in [1.807, 2.05) is 54.6 Å². The Labute approximate surface area is 183 Å².